The first kappa shape index (κ1) is 19.4. The van der Waals surface area contributed by atoms with Gasteiger partial charge in [0.15, 0.2) is 0 Å². The molecule has 1 N–H and O–H groups in total. The van der Waals surface area contributed by atoms with Crippen LogP contribution in [-0.4, -0.2) is 52.2 Å². The van der Waals surface area contributed by atoms with E-state index in [2.05, 4.69) is 5.32 Å². The molecule has 1 aromatic carbocycles. The van der Waals surface area contributed by atoms with Crippen molar-refractivity contribution in [2.45, 2.75) is 18.9 Å². The van der Waals surface area contributed by atoms with Crippen LogP contribution in [0.3, 0.4) is 0 Å². The largest absolute Gasteiger partial charge is 0.468 e. The smallest absolute Gasteiger partial charge is 0.251 e. The maximum Gasteiger partial charge on any atom is 0.251 e. The van der Waals surface area contributed by atoms with E-state index in [1.807, 2.05) is 31.1 Å². The maximum atomic E-state index is 12.5. The molecular formula is C19H25N3O4S. The second kappa shape index (κ2) is 8.14. The number of hydrogen-bond donors (Lipinski definition) is 1. The van der Waals surface area contributed by atoms with Gasteiger partial charge in [-0.2, -0.15) is 0 Å². The van der Waals surface area contributed by atoms with E-state index in [0.29, 0.717) is 30.8 Å². The van der Waals surface area contributed by atoms with E-state index in [1.165, 1.54) is 4.31 Å². The van der Waals surface area contributed by atoms with E-state index in [9.17, 15) is 13.2 Å². The number of anilines is 1. The predicted molar refractivity (Wildman–Crippen MR) is 104 cm³/mol. The molecule has 1 aromatic heterocycles. The Morgan fingerprint density at radius 1 is 1.22 bits per heavy atom. The van der Waals surface area contributed by atoms with Gasteiger partial charge in [0.1, 0.15) is 5.76 Å². The lowest BCUT2D eigenvalue weighted by Gasteiger charge is -2.28. The minimum Gasteiger partial charge on any atom is -0.468 e. The Morgan fingerprint density at radius 2 is 1.96 bits per heavy atom. The van der Waals surface area contributed by atoms with Gasteiger partial charge in [-0.05, 0) is 63.3 Å². The lowest BCUT2D eigenvalue weighted by Crippen LogP contribution is -2.38. The third-order valence-corrected chi connectivity index (χ3v) is 6.59. The van der Waals surface area contributed by atoms with Gasteiger partial charge < -0.3 is 9.73 Å². The van der Waals surface area contributed by atoms with Crippen molar-refractivity contribution in [2.24, 2.45) is 0 Å². The molecule has 0 radical (unpaired) electrons. The lowest BCUT2D eigenvalue weighted by molar-refractivity contribution is 0.0939. The molecule has 2 aromatic rings. The number of hydrogen-bond acceptors (Lipinski definition) is 5. The molecule has 1 unspecified atom stereocenters. The normalized spacial score (nSPS) is 17.7. The van der Waals surface area contributed by atoms with Crippen LogP contribution in [0.25, 0.3) is 0 Å². The Hall–Kier alpha value is -2.32. The standard InChI is InChI=1S/C19H25N3O4S/c1-21(2)17(18-6-5-12-26-18)14-20-19(23)15-7-9-16(10-8-15)22-11-3-4-13-27(22,24)25/h5-10,12,17H,3-4,11,13-14H2,1-2H3,(H,20,23). The van der Waals surface area contributed by atoms with Crippen molar-refractivity contribution >= 4 is 21.6 Å². The summed E-state index contributed by atoms with van der Waals surface area (Å²) in [6.07, 6.45) is 3.16. The van der Waals surface area contributed by atoms with Gasteiger partial charge in [0.2, 0.25) is 10.0 Å². The number of nitrogens with zero attached hydrogens (tertiary/aromatic N) is 2. The Balaban J connectivity index is 1.65. The van der Waals surface area contributed by atoms with E-state index in [4.69, 9.17) is 4.42 Å². The topological polar surface area (TPSA) is 82.9 Å². The van der Waals surface area contributed by atoms with Gasteiger partial charge in [-0.15, -0.1) is 0 Å². The van der Waals surface area contributed by atoms with E-state index in [1.54, 1.807) is 30.5 Å². The zero-order valence-corrected chi connectivity index (χ0v) is 16.4. The molecule has 146 valence electrons. The highest BCUT2D eigenvalue weighted by Gasteiger charge is 2.26. The summed E-state index contributed by atoms with van der Waals surface area (Å²) in [4.78, 5) is 14.4. The number of likely N-dealkylation sites (N-methyl/N-ethyl adjacent to an activating group) is 1. The van der Waals surface area contributed by atoms with Crippen LogP contribution >= 0.6 is 0 Å². The van der Waals surface area contributed by atoms with Crippen molar-refractivity contribution in [3.63, 3.8) is 0 Å². The number of benzene rings is 1. The van der Waals surface area contributed by atoms with Crippen molar-refractivity contribution in [1.82, 2.24) is 10.2 Å². The van der Waals surface area contributed by atoms with Crippen molar-refractivity contribution in [2.75, 3.05) is 37.2 Å². The fraction of sp³-hybridized carbons (Fsp3) is 0.421. The summed E-state index contributed by atoms with van der Waals surface area (Å²) >= 11 is 0. The van der Waals surface area contributed by atoms with Crippen LogP contribution in [-0.2, 0) is 10.0 Å². The quantitative estimate of drug-likeness (QED) is 0.817. The lowest BCUT2D eigenvalue weighted by atomic mass is 10.1. The van der Waals surface area contributed by atoms with Crippen LogP contribution < -0.4 is 9.62 Å². The van der Waals surface area contributed by atoms with Crippen LogP contribution in [0.2, 0.25) is 0 Å². The number of nitrogens with one attached hydrogen (secondary N) is 1. The number of sulfonamides is 1. The average molecular weight is 391 g/mol. The second-order valence-corrected chi connectivity index (χ2v) is 8.86. The third kappa shape index (κ3) is 4.51. The number of rotatable bonds is 6. The van der Waals surface area contributed by atoms with Crippen LogP contribution in [0.15, 0.2) is 47.1 Å². The summed E-state index contributed by atoms with van der Waals surface area (Å²) in [6.45, 7) is 0.892. The summed E-state index contributed by atoms with van der Waals surface area (Å²) in [5.74, 6) is 0.751. The molecule has 8 heteroatoms. The third-order valence-electron chi connectivity index (χ3n) is 4.72. The number of carbonyl (C=O) groups is 1. The van der Waals surface area contributed by atoms with E-state index in [0.717, 1.165) is 12.2 Å². The van der Waals surface area contributed by atoms with Crippen molar-refractivity contribution in [3.8, 4) is 0 Å². The molecule has 0 bridgehead atoms. The van der Waals surface area contributed by atoms with Gasteiger partial charge in [-0.3, -0.25) is 14.0 Å². The number of furan rings is 1. The molecule has 1 atom stereocenters. The maximum absolute atomic E-state index is 12.5. The SMILES string of the molecule is CN(C)C(CNC(=O)c1ccc(N2CCCCS2(=O)=O)cc1)c1ccco1. The van der Waals surface area contributed by atoms with Gasteiger partial charge in [0.25, 0.3) is 5.91 Å². The monoisotopic (exact) mass is 391 g/mol. The van der Waals surface area contributed by atoms with Crippen LogP contribution in [0.4, 0.5) is 5.69 Å². The summed E-state index contributed by atoms with van der Waals surface area (Å²) in [6, 6.07) is 10.3. The predicted octanol–water partition coefficient (Wildman–Crippen LogP) is 2.24. The highest BCUT2D eigenvalue weighted by Crippen LogP contribution is 2.24. The Morgan fingerprint density at radius 3 is 2.56 bits per heavy atom. The first-order valence-corrected chi connectivity index (χ1v) is 10.6. The van der Waals surface area contributed by atoms with Crippen molar-refractivity contribution in [1.29, 1.82) is 0 Å². The van der Waals surface area contributed by atoms with Gasteiger partial charge in [-0.25, -0.2) is 8.42 Å². The molecule has 1 fully saturated rings. The summed E-state index contributed by atoms with van der Waals surface area (Å²) in [5.41, 5.74) is 1.10. The van der Waals surface area contributed by atoms with Crippen LogP contribution in [0.5, 0.6) is 0 Å². The molecule has 3 rings (SSSR count). The fourth-order valence-electron chi connectivity index (χ4n) is 3.17. The Bertz CT molecular complexity index is 861. The van der Waals surface area contributed by atoms with Crippen LogP contribution in [0, 0.1) is 0 Å². The molecule has 1 amide bonds. The average Bonchev–Trinajstić information content (AvgIpc) is 3.15. The van der Waals surface area contributed by atoms with E-state index >= 15 is 0 Å². The van der Waals surface area contributed by atoms with E-state index in [-0.39, 0.29) is 17.7 Å². The minimum absolute atomic E-state index is 0.0679. The Labute approximate surface area is 160 Å². The Kier molecular flexibility index (Phi) is 5.86. The first-order chi connectivity index (χ1) is 12.9. The zero-order valence-electron chi connectivity index (χ0n) is 15.6. The molecule has 1 aliphatic rings. The molecule has 0 aliphatic carbocycles. The molecule has 1 aliphatic heterocycles. The second-order valence-electron chi connectivity index (χ2n) is 6.85. The van der Waals surface area contributed by atoms with Gasteiger partial charge >= 0.3 is 0 Å². The van der Waals surface area contributed by atoms with Gasteiger partial charge in [-0.1, -0.05) is 0 Å². The molecule has 2 heterocycles. The molecule has 0 spiro atoms. The first-order valence-electron chi connectivity index (χ1n) is 8.97. The highest BCUT2D eigenvalue weighted by atomic mass is 32.2. The van der Waals surface area contributed by atoms with E-state index < -0.39 is 10.0 Å². The number of amides is 1. The fourth-order valence-corrected chi connectivity index (χ4v) is 4.81. The summed E-state index contributed by atoms with van der Waals surface area (Å²) in [5, 5.41) is 2.91. The summed E-state index contributed by atoms with van der Waals surface area (Å²) < 4.78 is 31.2. The van der Waals surface area contributed by atoms with Gasteiger partial charge in [0.05, 0.1) is 23.7 Å². The summed E-state index contributed by atoms with van der Waals surface area (Å²) in [7, 11) is 0.599. The minimum atomic E-state index is -3.25. The zero-order chi connectivity index (χ0) is 19.4. The molecule has 0 saturated carbocycles. The highest BCUT2D eigenvalue weighted by molar-refractivity contribution is 7.92. The van der Waals surface area contributed by atoms with Crippen molar-refractivity contribution in [3.05, 3.63) is 54.0 Å². The molecule has 1 saturated heterocycles. The van der Waals surface area contributed by atoms with Crippen LogP contribution in [0.1, 0.15) is 35.0 Å². The number of carbonyl (C=O) groups excluding carboxylic acids is 1. The molecular weight excluding hydrogens is 366 g/mol. The molecule has 27 heavy (non-hydrogen) atoms. The molecule has 7 nitrogen and oxygen atoms in total. The van der Waals surface area contributed by atoms with Gasteiger partial charge in [0, 0.05) is 18.7 Å². The van der Waals surface area contributed by atoms with Crippen molar-refractivity contribution < 1.29 is 17.6 Å².